The van der Waals surface area contributed by atoms with E-state index >= 15 is 0 Å². The number of ether oxygens (including phenoxy) is 1. The number of nitrogens with one attached hydrogen (secondary N) is 1. The van der Waals surface area contributed by atoms with Crippen molar-refractivity contribution in [2.45, 2.75) is 53.1 Å². The lowest BCUT2D eigenvalue weighted by molar-refractivity contribution is 0.276. The second-order valence-corrected chi connectivity index (χ2v) is 6.00. The summed E-state index contributed by atoms with van der Waals surface area (Å²) in [6.45, 7) is 12.2. The first-order valence-corrected chi connectivity index (χ1v) is 6.57. The Kier molecular flexibility index (Phi) is 5.54. The van der Waals surface area contributed by atoms with E-state index in [1.807, 2.05) is 12.1 Å². The molecule has 18 heavy (non-hydrogen) atoms. The van der Waals surface area contributed by atoms with Crippen LogP contribution < -0.4 is 10.1 Å². The van der Waals surface area contributed by atoms with Crippen LogP contribution >= 0.6 is 0 Å². The fourth-order valence-electron chi connectivity index (χ4n) is 1.27. The quantitative estimate of drug-likeness (QED) is 0.844. The zero-order valence-electron chi connectivity index (χ0n) is 12.2. The Balaban J connectivity index is 2.38. The third kappa shape index (κ3) is 6.55. The monoisotopic (exact) mass is 251 g/mol. The van der Waals surface area contributed by atoms with E-state index in [-0.39, 0.29) is 5.54 Å². The van der Waals surface area contributed by atoms with Crippen molar-refractivity contribution in [3.05, 3.63) is 17.8 Å². The van der Waals surface area contributed by atoms with E-state index in [1.54, 1.807) is 0 Å². The molecule has 0 fully saturated rings. The largest absolute Gasteiger partial charge is 0.477 e. The van der Waals surface area contributed by atoms with E-state index in [0.29, 0.717) is 18.4 Å². The summed E-state index contributed by atoms with van der Waals surface area (Å²) in [4.78, 5) is 0. The van der Waals surface area contributed by atoms with Gasteiger partial charge in [0.05, 0.1) is 12.3 Å². The van der Waals surface area contributed by atoms with Gasteiger partial charge in [0.25, 0.3) is 0 Å². The molecule has 4 nitrogen and oxygen atoms in total. The van der Waals surface area contributed by atoms with Crippen molar-refractivity contribution in [3.63, 3.8) is 0 Å². The molecule has 1 aromatic heterocycles. The molecule has 1 N–H and O–H groups in total. The number of hydrogen-bond donors (Lipinski definition) is 1. The molecule has 0 radical (unpaired) electrons. The van der Waals surface area contributed by atoms with Crippen LogP contribution in [0, 0.1) is 5.92 Å². The first-order chi connectivity index (χ1) is 8.37. The minimum Gasteiger partial charge on any atom is -0.477 e. The van der Waals surface area contributed by atoms with Crippen LogP contribution in [-0.4, -0.2) is 22.3 Å². The van der Waals surface area contributed by atoms with Crippen LogP contribution in [-0.2, 0) is 6.54 Å². The van der Waals surface area contributed by atoms with Gasteiger partial charge in [-0.1, -0.05) is 13.8 Å². The standard InChI is InChI=1S/C14H25N3O/c1-11(2)8-9-18-13-7-6-12(16-17-13)10-15-14(3,4)5/h6-7,11,15H,8-10H2,1-5H3. The smallest absolute Gasteiger partial charge is 0.233 e. The lowest BCUT2D eigenvalue weighted by Crippen LogP contribution is -2.35. The molecule has 0 aliphatic carbocycles. The van der Waals surface area contributed by atoms with Gasteiger partial charge in [0.1, 0.15) is 0 Å². The molecule has 0 amide bonds. The summed E-state index contributed by atoms with van der Waals surface area (Å²) in [6, 6.07) is 3.84. The van der Waals surface area contributed by atoms with E-state index in [2.05, 4.69) is 50.1 Å². The third-order valence-electron chi connectivity index (χ3n) is 2.44. The van der Waals surface area contributed by atoms with Crippen molar-refractivity contribution in [1.29, 1.82) is 0 Å². The molecule has 0 atom stereocenters. The van der Waals surface area contributed by atoms with Gasteiger partial charge in [-0.15, -0.1) is 5.10 Å². The highest BCUT2D eigenvalue weighted by molar-refractivity contribution is 5.11. The molecule has 0 aromatic carbocycles. The molecule has 4 heteroatoms. The number of aromatic nitrogens is 2. The molecule has 0 aliphatic rings. The molecular formula is C14H25N3O. The second-order valence-electron chi connectivity index (χ2n) is 6.00. The topological polar surface area (TPSA) is 47.0 Å². The maximum atomic E-state index is 5.52. The van der Waals surface area contributed by atoms with Crippen LogP contribution in [0.2, 0.25) is 0 Å². The molecule has 1 heterocycles. The molecule has 0 unspecified atom stereocenters. The summed E-state index contributed by atoms with van der Waals surface area (Å²) >= 11 is 0. The van der Waals surface area contributed by atoms with E-state index in [1.165, 1.54) is 0 Å². The second kappa shape index (κ2) is 6.69. The van der Waals surface area contributed by atoms with Crippen molar-refractivity contribution in [2.75, 3.05) is 6.61 Å². The van der Waals surface area contributed by atoms with Crippen molar-refractivity contribution >= 4 is 0 Å². The molecular weight excluding hydrogens is 226 g/mol. The maximum Gasteiger partial charge on any atom is 0.233 e. The summed E-state index contributed by atoms with van der Waals surface area (Å²) in [6.07, 6.45) is 1.04. The van der Waals surface area contributed by atoms with Crippen molar-refractivity contribution in [3.8, 4) is 5.88 Å². The normalized spacial score (nSPS) is 11.9. The van der Waals surface area contributed by atoms with Gasteiger partial charge in [-0.05, 0) is 39.2 Å². The van der Waals surface area contributed by atoms with Gasteiger partial charge in [-0.3, -0.25) is 0 Å². The summed E-state index contributed by atoms with van der Waals surface area (Å²) in [7, 11) is 0. The fourth-order valence-corrected chi connectivity index (χ4v) is 1.27. The van der Waals surface area contributed by atoms with Gasteiger partial charge in [-0.2, -0.15) is 5.10 Å². The molecule has 1 aromatic rings. The Morgan fingerprint density at radius 2 is 1.94 bits per heavy atom. The Morgan fingerprint density at radius 1 is 1.22 bits per heavy atom. The van der Waals surface area contributed by atoms with E-state index < -0.39 is 0 Å². The predicted molar refractivity (Wildman–Crippen MR) is 73.6 cm³/mol. The lowest BCUT2D eigenvalue weighted by Gasteiger charge is -2.19. The van der Waals surface area contributed by atoms with Crippen LogP contribution in [0.5, 0.6) is 5.88 Å². The highest BCUT2D eigenvalue weighted by atomic mass is 16.5. The predicted octanol–water partition coefficient (Wildman–Crippen LogP) is 2.79. The summed E-state index contributed by atoms with van der Waals surface area (Å²) in [5.74, 6) is 1.25. The first kappa shape index (κ1) is 14.9. The Labute approximate surface area is 110 Å². The average molecular weight is 251 g/mol. The van der Waals surface area contributed by atoms with Gasteiger partial charge < -0.3 is 10.1 Å². The van der Waals surface area contributed by atoms with E-state index in [0.717, 1.165) is 18.7 Å². The highest BCUT2D eigenvalue weighted by Gasteiger charge is 2.09. The van der Waals surface area contributed by atoms with Crippen molar-refractivity contribution in [2.24, 2.45) is 5.92 Å². The van der Waals surface area contributed by atoms with Gasteiger partial charge >= 0.3 is 0 Å². The number of nitrogens with zero attached hydrogens (tertiary/aromatic N) is 2. The van der Waals surface area contributed by atoms with Crippen LogP contribution in [0.4, 0.5) is 0 Å². The Bertz CT molecular complexity index is 341. The average Bonchev–Trinajstić information content (AvgIpc) is 2.26. The maximum absolute atomic E-state index is 5.52. The number of hydrogen-bond acceptors (Lipinski definition) is 4. The van der Waals surface area contributed by atoms with Crippen LogP contribution in [0.3, 0.4) is 0 Å². The highest BCUT2D eigenvalue weighted by Crippen LogP contribution is 2.08. The van der Waals surface area contributed by atoms with Gasteiger partial charge in [0.15, 0.2) is 0 Å². The van der Waals surface area contributed by atoms with Crippen LogP contribution in [0.15, 0.2) is 12.1 Å². The third-order valence-corrected chi connectivity index (χ3v) is 2.44. The Hall–Kier alpha value is -1.16. The summed E-state index contributed by atoms with van der Waals surface area (Å²) in [5, 5.41) is 11.6. The lowest BCUT2D eigenvalue weighted by atomic mass is 10.1. The van der Waals surface area contributed by atoms with Crippen molar-refractivity contribution < 1.29 is 4.74 Å². The van der Waals surface area contributed by atoms with Crippen LogP contribution in [0.25, 0.3) is 0 Å². The van der Waals surface area contributed by atoms with Gasteiger partial charge in [0, 0.05) is 18.2 Å². The molecule has 0 saturated carbocycles. The Morgan fingerprint density at radius 3 is 2.44 bits per heavy atom. The molecule has 102 valence electrons. The summed E-state index contributed by atoms with van der Waals surface area (Å²) < 4.78 is 5.52. The first-order valence-electron chi connectivity index (χ1n) is 6.57. The van der Waals surface area contributed by atoms with Crippen LogP contribution in [0.1, 0.15) is 46.7 Å². The molecule has 0 aliphatic heterocycles. The van der Waals surface area contributed by atoms with Gasteiger partial charge in [-0.25, -0.2) is 0 Å². The molecule has 0 saturated heterocycles. The van der Waals surface area contributed by atoms with Gasteiger partial charge in [0.2, 0.25) is 5.88 Å². The SMILES string of the molecule is CC(C)CCOc1ccc(CNC(C)(C)C)nn1. The minimum absolute atomic E-state index is 0.0914. The minimum atomic E-state index is 0.0914. The number of rotatable bonds is 6. The summed E-state index contributed by atoms with van der Waals surface area (Å²) in [5.41, 5.74) is 1.02. The van der Waals surface area contributed by atoms with Crippen molar-refractivity contribution in [1.82, 2.24) is 15.5 Å². The van der Waals surface area contributed by atoms with E-state index in [9.17, 15) is 0 Å². The molecule has 0 spiro atoms. The molecule has 1 rings (SSSR count). The zero-order valence-corrected chi connectivity index (χ0v) is 12.2. The fraction of sp³-hybridized carbons (Fsp3) is 0.714. The van der Waals surface area contributed by atoms with E-state index in [4.69, 9.17) is 4.74 Å². The zero-order chi connectivity index (χ0) is 13.6. The molecule has 0 bridgehead atoms.